The fourth-order valence-electron chi connectivity index (χ4n) is 17.0. The number of unbranched alkanes of at least 4 members (excludes halogenated alkanes) is 1. The van der Waals surface area contributed by atoms with Gasteiger partial charge in [0.1, 0.15) is 190 Å². The van der Waals surface area contributed by atoms with Crippen molar-refractivity contribution >= 4 is 65.1 Å². The van der Waals surface area contributed by atoms with Gasteiger partial charge in [-0.1, -0.05) is 56.7 Å². The Balaban J connectivity index is 0.636. The number of fused-ring (bicyclic) bond motifs is 1. The van der Waals surface area contributed by atoms with Crippen molar-refractivity contribution in [3.63, 3.8) is 0 Å². The van der Waals surface area contributed by atoms with Gasteiger partial charge in [0.25, 0.3) is 0 Å². The van der Waals surface area contributed by atoms with Crippen LogP contribution in [0.4, 0.5) is 15.3 Å². The zero-order valence-electron chi connectivity index (χ0n) is 78.6. The molecule has 23 heterocycles. The highest BCUT2D eigenvalue weighted by Gasteiger charge is 2.60. The molecule has 2 aromatic rings. The SMILES string of the molecule is CC(=O)N[C@H](CCCCNC(=O)CCOCCOCCOCCOCCOCCNC(=O)COC1CCCCCc2c1nnn2CC1O[C@@H]2OC3C(CO)OC(OC4C(CO)OC(OC5C(CO)OC(OC6C(CO)OC(OC7C(CO)O[C@H](OC1C(O)[C@H]2O)C(O)C7O)C(O)C6O)C(O)C5O)C(O)C4O)C(O)C3O)C(=O)N[C@H](C(=O)N[C@@H](CCCNC(N)=O)C(=O)Nc1ccc(COC(=O)S)cc1)C(C)C. The Morgan fingerprint density at radius 1 is 0.451 bits per heavy atom. The van der Waals surface area contributed by atoms with Gasteiger partial charge >= 0.3 is 11.3 Å². The summed E-state index contributed by atoms with van der Waals surface area (Å²) in [6, 6.07) is 2.29. The van der Waals surface area contributed by atoms with Crippen molar-refractivity contribution in [2.24, 2.45) is 11.7 Å². The van der Waals surface area contributed by atoms with E-state index in [9.17, 15) is 125 Å². The van der Waals surface area contributed by atoms with Gasteiger partial charge in [0.15, 0.2) is 37.7 Å². The number of aliphatic hydroxyl groups excluding tert-OH is 17. The molecule has 22 aliphatic heterocycles. The van der Waals surface area contributed by atoms with Crippen LogP contribution in [0.3, 0.4) is 0 Å². The Bertz CT molecular complexity index is 4160. The van der Waals surface area contributed by atoms with Crippen molar-refractivity contribution in [1.29, 1.82) is 0 Å². The number of aromatic nitrogens is 3. The maximum atomic E-state index is 13.8. The second-order valence-corrected chi connectivity index (χ2v) is 35.8. The molecule has 34 atom stereocenters. The molecule has 0 radical (unpaired) electrons. The first-order valence-electron chi connectivity index (χ1n) is 47.3. The normalized spacial score (nSPS) is 33.6. The molecule has 0 spiro atoms. The average molecular weight is 2060 g/mol. The third kappa shape index (κ3) is 33.2. The molecule has 23 aliphatic rings. The number of aliphatic hydroxyl groups is 17. The zero-order chi connectivity index (χ0) is 103. The number of nitrogens with two attached hydrogens (primary N) is 1. The number of nitrogens with zero attached hydrogens (tertiary/aromatic N) is 3. The van der Waals surface area contributed by atoms with Crippen LogP contribution in [0, 0.1) is 5.92 Å². The summed E-state index contributed by atoms with van der Waals surface area (Å²) < 4.78 is 112. The molecule has 0 saturated carbocycles. The van der Waals surface area contributed by atoms with Crippen LogP contribution in [-0.2, 0) is 138 Å². The standard InChI is InChI=1S/C86H139N11O44S/c1-40(2)56(78(120)93-45(11-9-20-90-85(87)121)76(118)92-43-16-14-42(15-17-43)38-129-86(122)142)94-77(119)44(91-41(3)103)10-7-8-19-88-54(104)18-22-123-24-26-125-28-30-127-31-29-126-27-25-124-23-21-89-55(105)39-128-47-13-6-4-5-12-46-57(47)95-96-97(46)32-48-70-58(106)64(112)79(130-48)137-71-49(33-98)132-81(66(114)60(71)108)139-73-51(35-100)134-83(68(116)62(73)110)141-75-53(37-102)135-84(69(117)63(75)111)140-74-52(36-101)133-82(67(115)61(74)109)138-72-50(34-99)131-80(136-70)65(113)59(72)107/h14-17,40,44-45,47-53,56,58-75,79-84,98-102,106-117H,4-13,18-39H2,1-3H3,(H,88,104)(H,89,105)(H,91,103)(H,92,118)(H,93,120)(H,94,119)(H,122,142)(H3,87,90,121)/t44-,45+,47?,48?,49?,50?,51?,52?,53?,56+,58?,59?,60?,61?,62?,63?,64-,65?,66?,67?,68?,69?,70?,71?,72?,73?,74?,75?,79-,80-,81?,82?,83?,84?/m1/s1. The number of hydrogen-bond acceptors (Lipinski definition) is 46. The van der Waals surface area contributed by atoms with E-state index >= 15 is 0 Å². The van der Waals surface area contributed by atoms with E-state index in [2.05, 4.69) is 60.2 Å². The molecule has 25 rings (SSSR count). The van der Waals surface area contributed by atoms with Crippen LogP contribution >= 0.6 is 12.6 Å². The lowest BCUT2D eigenvalue weighted by Gasteiger charge is -2.50. The first-order chi connectivity index (χ1) is 68.1. The van der Waals surface area contributed by atoms with Crippen molar-refractivity contribution in [1.82, 2.24) is 46.9 Å². The third-order valence-corrected chi connectivity index (χ3v) is 24.8. The minimum Gasteiger partial charge on any atom is -0.453 e. The number of hydrogen-bond donors (Lipinski definition) is 26. The Morgan fingerprint density at radius 2 is 0.852 bits per heavy atom. The van der Waals surface area contributed by atoms with Crippen molar-refractivity contribution in [3.8, 4) is 0 Å². The summed E-state index contributed by atoms with van der Waals surface area (Å²) >= 11 is 3.58. The smallest absolute Gasteiger partial charge is 0.364 e. The van der Waals surface area contributed by atoms with Crippen LogP contribution in [0.15, 0.2) is 24.3 Å². The van der Waals surface area contributed by atoms with Gasteiger partial charge in [-0.3, -0.25) is 28.8 Å². The monoisotopic (exact) mass is 2060 g/mol. The van der Waals surface area contributed by atoms with Gasteiger partial charge in [-0.25, -0.2) is 14.3 Å². The van der Waals surface area contributed by atoms with Crippen LogP contribution in [0.5, 0.6) is 0 Å². The highest BCUT2D eigenvalue weighted by Crippen LogP contribution is 2.40. The van der Waals surface area contributed by atoms with E-state index in [4.69, 9.17) is 95.7 Å². The Hall–Kier alpha value is -7.13. The van der Waals surface area contributed by atoms with Crippen LogP contribution in [0.25, 0.3) is 0 Å². The lowest BCUT2D eigenvalue weighted by atomic mass is 9.94. The Morgan fingerprint density at radius 3 is 1.27 bits per heavy atom. The zero-order valence-corrected chi connectivity index (χ0v) is 79.5. The molecule has 26 N–H and O–H groups in total. The van der Waals surface area contributed by atoms with Crippen LogP contribution in [0.1, 0.15) is 108 Å². The number of urea groups is 1. The van der Waals surface area contributed by atoms with E-state index < -0.39 is 301 Å². The molecule has 28 unspecified atom stereocenters. The topological polar surface area (TPSA) is 797 Å². The average Bonchev–Trinajstić information content (AvgIpc) is 0.867. The van der Waals surface area contributed by atoms with Gasteiger partial charge < -0.3 is 220 Å². The lowest BCUT2D eigenvalue weighted by Crippen LogP contribution is -2.69. The van der Waals surface area contributed by atoms with Gasteiger partial charge in [0, 0.05) is 38.7 Å². The number of amides is 8. The predicted octanol–water partition coefficient (Wildman–Crippen LogP) is -10.9. The summed E-state index contributed by atoms with van der Waals surface area (Å²) in [5.41, 5.74) is 6.92. The fraction of sp³-hybridized carbons (Fsp3) is 0.814. The molecule has 1 aromatic carbocycles. The van der Waals surface area contributed by atoms with E-state index in [0.29, 0.717) is 61.2 Å². The van der Waals surface area contributed by atoms with E-state index in [-0.39, 0.29) is 130 Å². The van der Waals surface area contributed by atoms with Gasteiger partial charge in [0.2, 0.25) is 35.4 Å². The quantitative estimate of drug-likeness (QED) is 0.0166. The molecule has 12 bridgehead atoms. The van der Waals surface area contributed by atoms with Crippen molar-refractivity contribution in [2.45, 2.75) is 313 Å². The molecule has 1 aliphatic carbocycles. The second kappa shape index (κ2) is 58.6. The number of carbonyl (C=O) groups excluding carboxylic acids is 8. The highest BCUT2D eigenvalue weighted by molar-refractivity contribution is 7.96. The molecular formula is C86H139N11O44S. The summed E-state index contributed by atoms with van der Waals surface area (Å²) in [7, 11) is 0. The van der Waals surface area contributed by atoms with Crippen LogP contribution < -0.4 is 43.0 Å². The van der Waals surface area contributed by atoms with E-state index in [1.807, 2.05) is 0 Å². The molecule has 808 valence electrons. The number of anilines is 1. The minimum absolute atomic E-state index is 0.0455. The predicted molar refractivity (Wildman–Crippen MR) is 476 cm³/mol. The Kier molecular flexibility index (Phi) is 48.2. The van der Waals surface area contributed by atoms with Crippen molar-refractivity contribution < 1.29 is 215 Å². The molecule has 56 heteroatoms. The molecule has 55 nitrogen and oxygen atoms in total. The third-order valence-electron chi connectivity index (χ3n) is 24.7. The Labute approximate surface area is 820 Å². The molecule has 142 heavy (non-hydrogen) atoms. The van der Waals surface area contributed by atoms with E-state index in [0.717, 1.165) is 0 Å². The van der Waals surface area contributed by atoms with Crippen LogP contribution in [-0.4, -0.2) is 476 Å². The number of carbonyl (C=O) groups is 8. The summed E-state index contributed by atoms with van der Waals surface area (Å²) in [6.07, 6.45) is -57.6. The number of ether oxygens (including phenoxy) is 19. The lowest BCUT2D eigenvalue weighted by molar-refractivity contribution is -0.403. The molecule has 22 fully saturated rings. The summed E-state index contributed by atoms with van der Waals surface area (Å²) in [6.45, 7) is 0.908. The number of rotatable bonds is 47. The molecule has 22 saturated heterocycles. The van der Waals surface area contributed by atoms with E-state index in [1.54, 1.807) is 38.1 Å². The van der Waals surface area contributed by atoms with Gasteiger partial charge in [-0.05, 0) is 75.0 Å². The number of thiol groups is 1. The summed E-state index contributed by atoms with van der Waals surface area (Å²) in [5.74, 6) is -3.67. The van der Waals surface area contributed by atoms with Crippen molar-refractivity contribution in [3.05, 3.63) is 41.2 Å². The number of primary amides is 1. The number of benzene rings is 1. The first-order valence-corrected chi connectivity index (χ1v) is 47.7. The van der Waals surface area contributed by atoms with Crippen LogP contribution in [0.2, 0.25) is 0 Å². The van der Waals surface area contributed by atoms with E-state index in [1.165, 1.54) is 11.6 Å². The highest BCUT2D eigenvalue weighted by atomic mass is 32.1. The number of nitrogens with one attached hydrogen (secondary N) is 7. The molecule has 8 amide bonds. The van der Waals surface area contributed by atoms with Gasteiger partial charge in [-0.15, -0.1) is 5.10 Å². The largest absolute Gasteiger partial charge is 0.453 e. The second-order valence-electron chi connectivity index (χ2n) is 35.4. The van der Waals surface area contributed by atoms with Gasteiger partial charge in [-0.2, -0.15) is 0 Å². The molecular weight excluding hydrogens is 1920 g/mol. The summed E-state index contributed by atoms with van der Waals surface area (Å²) in [5, 5.41) is 220. The summed E-state index contributed by atoms with van der Waals surface area (Å²) in [4.78, 5) is 102. The maximum Gasteiger partial charge on any atom is 0.364 e. The molecule has 1 aromatic heterocycles. The maximum absolute atomic E-state index is 13.8. The van der Waals surface area contributed by atoms with Gasteiger partial charge in [0.05, 0.1) is 111 Å². The van der Waals surface area contributed by atoms with Crippen molar-refractivity contribution in [2.75, 3.05) is 131 Å². The minimum atomic E-state index is -2.25. The fourth-order valence-corrected chi connectivity index (χ4v) is 17.1. The first kappa shape index (κ1) is 117.